The van der Waals surface area contributed by atoms with Crippen LogP contribution < -0.4 is 16.3 Å². The summed E-state index contributed by atoms with van der Waals surface area (Å²) in [4.78, 5) is 29.0. The Morgan fingerprint density at radius 1 is 1.32 bits per heavy atom. The van der Waals surface area contributed by atoms with Crippen molar-refractivity contribution in [2.45, 2.75) is 34.1 Å². The highest BCUT2D eigenvalue weighted by Gasteiger charge is 2.30. The van der Waals surface area contributed by atoms with Crippen molar-refractivity contribution in [2.75, 3.05) is 0 Å². The van der Waals surface area contributed by atoms with E-state index in [9.17, 15) is 9.59 Å². The fourth-order valence-electron chi connectivity index (χ4n) is 2.95. The van der Waals surface area contributed by atoms with E-state index in [1.165, 1.54) is 4.57 Å². The van der Waals surface area contributed by atoms with Gasteiger partial charge in [0.05, 0.1) is 11.3 Å². The minimum absolute atomic E-state index is 0.128. The van der Waals surface area contributed by atoms with Crippen LogP contribution in [-0.4, -0.2) is 10.5 Å². The van der Waals surface area contributed by atoms with Crippen LogP contribution in [0.2, 0.25) is 0 Å². The number of hydrogen-bond acceptors (Lipinski definition) is 3. The first kappa shape index (κ1) is 12.1. The molecule has 0 N–H and O–H groups in total. The van der Waals surface area contributed by atoms with Gasteiger partial charge in [0.2, 0.25) is 5.91 Å². The highest BCUT2D eigenvalue weighted by Crippen LogP contribution is 2.22. The van der Waals surface area contributed by atoms with E-state index >= 15 is 0 Å². The lowest BCUT2D eigenvalue weighted by atomic mass is 10.00. The minimum atomic E-state index is -0.274. The monoisotopic (exact) mass is 256 g/mol. The van der Waals surface area contributed by atoms with Gasteiger partial charge in [-0.1, -0.05) is 6.92 Å². The van der Waals surface area contributed by atoms with E-state index in [0.29, 0.717) is 5.36 Å². The zero-order chi connectivity index (χ0) is 13.9. The number of nitrogens with zero attached hydrogens (tertiary/aromatic N) is 2. The van der Waals surface area contributed by atoms with Crippen molar-refractivity contribution < 1.29 is 4.79 Å². The van der Waals surface area contributed by atoms with Crippen LogP contribution in [0.1, 0.15) is 44.5 Å². The van der Waals surface area contributed by atoms with E-state index in [-0.39, 0.29) is 17.4 Å². The normalized spacial score (nSPS) is 20.7. The predicted molar refractivity (Wildman–Crippen MR) is 73.2 cm³/mol. The molecule has 0 saturated carbocycles. The average Bonchev–Trinajstić information content (AvgIpc) is 2.79. The van der Waals surface area contributed by atoms with Crippen LogP contribution >= 0.6 is 0 Å². The van der Waals surface area contributed by atoms with Crippen molar-refractivity contribution in [2.24, 2.45) is 10.9 Å². The number of carbonyl (C=O) groups excluding carboxylic acids is 1. The molecule has 0 radical (unpaired) electrons. The van der Waals surface area contributed by atoms with Gasteiger partial charge in [0.25, 0.3) is 5.56 Å². The van der Waals surface area contributed by atoms with E-state index < -0.39 is 0 Å². The molecule has 98 valence electrons. The summed E-state index contributed by atoms with van der Waals surface area (Å²) in [7, 11) is 0. The van der Waals surface area contributed by atoms with Crippen molar-refractivity contribution in [1.82, 2.24) is 4.57 Å². The molecule has 2 aliphatic rings. The van der Waals surface area contributed by atoms with Crippen LogP contribution in [0, 0.1) is 5.92 Å². The van der Waals surface area contributed by atoms with Gasteiger partial charge in [0, 0.05) is 11.3 Å². The van der Waals surface area contributed by atoms with Gasteiger partial charge in [-0.05, 0) is 44.4 Å². The maximum absolute atomic E-state index is 12.5. The standard InChI is InChI=1S/C15H16N2O2/c1-5-10-8(3)14(18)17-12(10)6-11-7(2)9(4)16-13(11)15(17)19/h6,8H,5H2,1-4H3. The van der Waals surface area contributed by atoms with Gasteiger partial charge in [0.1, 0.15) is 5.36 Å². The summed E-state index contributed by atoms with van der Waals surface area (Å²) in [6, 6.07) is 1.95. The molecule has 0 amide bonds. The lowest BCUT2D eigenvalue weighted by Crippen LogP contribution is -2.44. The van der Waals surface area contributed by atoms with E-state index in [4.69, 9.17) is 0 Å². The first-order chi connectivity index (χ1) is 8.97. The molecule has 1 aromatic rings. The highest BCUT2D eigenvalue weighted by molar-refractivity contribution is 5.93. The number of allylic oxidation sites excluding steroid dienone is 2. The summed E-state index contributed by atoms with van der Waals surface area (Å²) in [5, 5.41) is 1.18. The van der Waals surface area contributed by atoms with Gasteiger partial charge in [-0.25, -0.2) is 9.56 Å². The molecule has 19 heavy (non-hydrogen) atoms. The van der Waals surface area contributed by atoms with Gasteiger partial charge in [0.15, 0.2) is 0 Å². The topological polar surface area (TPSA) is 51.4 Å². The Kier molecular flexibility index (Phi) is 2.39. The Morgan fingerprint density at radius 3 is 2.63 bits per heavy atom. The molecule has 0 spiro atoms. The van der Waals surface area contributed by atoms with Crippen molar-refractivity contribution in [1.29, 1.82) is 0 Å². The lowest BCUT2D eigenvalue weighted by Gasteiger charge is -2.02. The van der Waals surface area contributed by atoms with Crippen LogP contribution in [0.3, 0.4) is 0 Å². The van der Waals surface area contributed by atoms with Crippen molar-refractivity contribution in [3.8, 4) is 0 Å². The third-order valence-corrected chi connectivity index (χ3v) is 4.23. The van der Waals surface area contributed by atoms with E-state index in [2.05, 4.69) is 4.99 Å². The molecule has 0 fully saturated rings. The third kappa shape index (κ3) is 1.37. The quantitative estimate of drug-likeness (QED) is 0.755. The zero-order valence-electron chi connectivity index (χ0n) is 11.6. The van der Waals surface area contributed by atoms with Crippen LogP contribution in [0.4, 0.5) is 0 Å². The molecular weight excluding hydrogens is 240 g/mol. The summed E-state index contributed by atoms with van der Waals surface area (Å²) in [6.07, 6.45) is 0.782. The Labute approximate surface area is 110 Å². The molecule has 1 atom stereocenters. The fraction of sp³-hybridized carbons (Fsp3) is 0.400. The van der Waals surface area contributed by atoms with Gasteiger partial charge < -0.3 is 0 Å². The summed E-state index contributed by atoms with van der Waals surface area (Å²) < 4.78 is 1.30. The Morgan fingerprint density at radius 2 is 2.00 bits per heavy atom. The lowest BCUT2D eigenvalue weighted by molar-refractivity contribution is 0.0879. The van der Waals surface area contributed by atoms with Crippen molar-refractivity contribution in [3.63, 3.8) is 0 Å². The molecule has 3 rings (SSSR count). The number of aromatic nitrogens is 1. The molecule has 4 nitrogen and oxygen atoms in total. The number of pyridine rings is 1. The number of hydrogen-bond donors (Lipinski definition) is 0. The van der Waals surface area contributed by atoms with Crippen LogP contribution in [0.25, 0.3) is 11.1 Å². The summed E-state index contributed by atoms with van der Waals surface area (Å²) in [5.41, 5.74) is 3.53. The van der Waals surface area contributed by atoms with Gasteiger partial charge in [-0.2, -0.15) is 0 Å². The SMILES string of the molecule is CCC1=c2cc3c(c(=O)n2C(=O)C1C)=NC(C)=C3C. The van der Waals surface area contributed by atoms with Crippen LogP contribution in [0.15, 0.2) is 21.6 Å². The van der Waals surface area contributed by atoms with Crippen LogP contribution in [-0.2, 0) is 0 Å². The summed E-state index contributed by atoms with van der Waals surface area (Å²) in [5.74, 6) is -0.331. The van der Waals surface area contributed by atoms with E-state index in [1.54, 1.807) is 0 Å². The number of carbonyl (C=O) groups is 1. The molecule has 1 unspecified atom stereocenters. The first-order valence-electron chi connectivity index (χ1n) is 6.57. The second-order valence-electron chi connectivity index (χ2n) is 5.19. The molecule has 4 heteroatoms. The maximum atomic E-state index is 12.5. The molecule has 1 aromatic heterocycles. The smallest absolute Gasteiger partial charge is 0.273 e. The zero-order valence-corrected chi connectivity index (χ0v) is 11.6. The average molecular weight is 256 g/mol. The van der Waals surface area contributed by atoms with Gasteiger partial charge in [-0.3, -0.25) is 9.59 Å². The second-order valence-corrected chi connectivity index (χ2v) is 5.19. The summed E-state index contributed by atoms with van der Waals surface area (Å²) >= 11 is 0. The summed E-state index contributed by atoms with van der Waals surface area (Å²) in [6.45, 7) is 7.74. The van der Waals surface area contributed by atoms with Crippen LogP contribution in [0.5, 0.6) is 0 Å². The molecule has 2 aliphatic heterocycles. The molecule has 3 heterocycles. The molecular formula is C15H16N2O2. The molecule has 0 saturated heterocycles. The van der Waals surface area contributed by atoms with Crippen molar-refractivity contribution >= 4 is 17.1 Å². The van der Waals surface area contributed by atoms with Crippen molar-refractivity contribution in [3.05, 3.63) is 38.4 Å². The predicted octanol–water partition coefficient (Wildman–Crippen LogP) is 1.08. The highest BCUT2D eigenvalue weighted by atomic mass is 16.2. The second kappa shape index (κ2) is 3.76. The van der Waals surface area contributed by atoms with E-state index in [0.717, 1.165) is 34.2 Å². The van der Waals surface area contributed by atoms with Gasteiger partial charge in [-0.15, -0.1) is 0 Å². The molecule has 0 aliphatic carbocycles. The van der Waals surface area contributed by atoms with Gasteiger partial charge >= 0.3 is 0 Å². The molecule has 0 bridgehead atoms. The largest absolute Gasteiger partial charge is 0.284 e. The number of rotatable bonds is 1. The number of fused-ring (bicyclic) bond motifs is 2. The Bertz CT molecular complexity index is 825. The van der Waals surface area contributed by atoms with E-state index in [1.807, 2.05) is 33.8 Å². The molecule has 0 aromatic carbocycles. The first-order valence-corrected chi connectivity index (χ1v) is 6.57. The Hall–Kier alpha value is -1.97. The maximum Gasteiger partial charge on any atom is 0.284 e. The fourth-order valence-corrected chi connectivity index (χ4v) is 2.95. The Balaban J connectivity index is 2.51. The minimum Gasteiger partial charge on any atom is -0.273 e. The third-order valence-electron chi connectivity index (χ3n) is 4.23.